The Morgan fingerprint density at radius 2 is 1.68 bits per heavy atom. The van der Waals surface area contributed by atoms with Crippen molar-refractivity contribution < 1.29 is 37.1 Å². The van der Waals surface area contributed by atoms with Gasteiger partial charge in [-0.3, -0.25) is 24.0 Å². The molecule has 3 aromatic rings. The summed E-state index contributed by atoms with van der Waals surface area (Å²) in [4.78, 5) is 59.7. The van der Waals surface area contributed by atoms with Crippen molar-refractivity contribution in [2.75, 3.05) is 6.54 Å². The molecule has 0 spiro atoms. The topological polar surface area (TPSA) is 139 Å². The van der Waals surface area contributed by atoms with Crippen molar-refractivity contribution in [2.45, 2.75) is 103 Å². The molecule has 3 fully saturated rings. The lowest BCUT2D eigenvalue weighted by atomic mass is 9.76. The smallest absolute Gasteiger partial charge is 0.410 e. The van der Waals surface area contributed by atoms with E-state index in [2.05, 4.69) is 4.72 Å². The Morgan fingerprint density at radius 1 is 0.964 bits per heavy atom. The van der Waals surface area contributed by atoms with E-state index in [-0.39, 0.29) is 43.5 Å². The number of rotatable bonds is 13. The van der Waals surface area contributed by atoms with Crippen LogP contribution in [0.1, 0.15) is 82.9 Å². The quantitative estimate of drug-likeness (QED) is 0.188. The van der Waals surface area contributed by atoms with E-state index in [1.165, 1.54) is 4.90 Å². The molecule has 0 radical (unpaired) electrons. The lowest BCUT2D eigenvalue weighted by Crippen LogP contribution is -2.48. The highest BCUT2D eigenvalue weighted by atomic mass is 35.5. The van der Waals surface area contributed by atoms with E-state index >= 15 is 0 Å². The van der Waals surface area contributed by atoms with Gasteiger partial charge in [0.1, 0.15) is 17.6 Å². The van der Waals surface area contributed by atoms with Crippen LogP contribution in [0.5, 0.6) is 11.5 Å². The molecular weight excluding hydrogens is 754 g/mol. The molecule has 13 heteroatoms. The van der Waals surface area contributed by atoms with Crippen LogP contribution in [0.2, 0.25) is 5.02 Å². The zero-order valence-electron chi connectivity index (χ0n) is 32.3. The maximum absolute atomic E-state index is 14.9. The minimum atomic E-state index is -3.83. The fourth-order valence-electron chi connectivity index (χ4n) is 8.33. The number of carbonyl (C=O) groups excluding carboxylic acids is 4. The summed E-state index contributed by atoms with van der Waals surface area (Å²) >= 11 is 6.41. The van der Waals surface area contributed by atoms with Crippen LogP contribution in [0, 0.1) is 22.7 Å². The van der Waals surface area contributed by atoms with Crippen molar-refractivity contribution in [1.82, 2.24) is 14.5 Å². The van der Waals surface area contributed by atoms with E-state index in [9.17, 15) is 27.6 Å². The lowest BCUT2D eigenvalue weighted by Gasteiger charge is -2.35. The van der Waals surface area contributed by atoms with Gasteiger partial charge in [0.15, 0.2) is 5.78 Å². The summed E-state index contributed by atoms with van der Waals surface area (Å²) in [5.74, 6) is -0.704. The van der Waals surface area contributed by atoms with Crippen LogP contribution in [0.4, 0.5) is 4.79 Å². The van der Waals surface area contributed by atoms with Gasteiger partial charge in [-0.2, -0.15) is 0 Å². The maximum atomic E-state index is 14.9. The van der Waals surface area contributed by atoms with E-state index in [0.29, 0.717) is 55.2 Å². The Kier molecular flexibility index (Phi) is 11.0. The second-order valence-corrected chi connectivity index (χ2v) is 19.3. The largest absolute Gasteiger partial charge is 0.457 e. The summed E-state index contributed by atoms with van der Waals surface area (Å²) in [6.45, 7) is 8.47. The molecule has 2 heterocycles. The molecule has 11 nitrogen and oxygen atoms in total. The number of likely N-dealkylation sites (tertiary alicyclic amines) is 1. The second kappa shape index (κ2) is 15.5. The molecule has 7 rings (SSSR count). The fourth-order valence-corrected chi connectivity index (χ4v) is 9.97. The average molecular weight is 804 g/mol. The molecule has 3 amide bonds. The molecular formula is C43H50ClN3O8S. The summed E-state index contributed by atoms with van der Waals surface area (Å²) in [7, 11) is -3.83. The third kappa shape index (κ3) is 8.46. The lowest BCUT2D eigenvalue weighted by molar-refractivity contribution is -0.144. The highest BCUT2D eigenvalue weighted by molar-refractivity contribution is 7.90. The highest BCUT2D eigenvalue weighted by Gasteiger charge is 2.62. The SMILES string of the molecule is CC[C@@H]1C[C@]1(CC(=O)[C@@H]1C[C@@H](OC(=O)N2Cc3cccc(Cl)c3C2)CN1C(=O)[C@@H](Cc1cccc(Oc2ccccc2)c1)C(C)(C)C)C(=O)NS(=O)(=O)C1CC1. The van der Waals surface area contributed by atoms with Gasteiger partial charge >= 0.3 is 6.09 Å². The molecule has 0 unspecified atom stereocenters. The molecule has 298 valence electrons. The summed E-state index contributed by atoms with van der Waals surface area (Å²) in [5, 5.41) is -0.0180. The summed E-state index contributed by atoms with van der Waals surface area (Å²) in [5.41, 5.74) is 0.939. The normalized spacial score (nSPS) is 23.6. The predicted octanol–water partition coefficient (Wildman–Crippen LogP) is 7.44. The van der Waals surface area contributed by atoms with E-state index in [1.54, 1.807) is 11.0 Å². The van der Waals surface area contributed by atoms with Gasteiger partial charge in [0.05, 0.1) is 29.8 Å². The molecule has 5 atom stereocenters. The number of sulfonamides is 1. The van der Waals surface area contributed by atoms with Crippen molar-refractivity contribution in [3.63, 3.8) is 0 Å². The number of hydrogen-bond donors (Lipinski definition) is 1. The maximum Gasteiger partial charge on any atom is 0.410 e. The number of amides is 3. The van der Waals surface area contributed by atoms with E-state index in [1.807, 2.05) is 94.4 Å². The molecule has 2 aliphatic heterocycles. The van der Waals surface area contributed by atoms with Crippen molar-refractivity contribution in [3.8, 4) is 11.5 Å². The molecule has 0 bridgehead atoms. The zero-order valence-corrected chi connectivity index (χ0v) is 33.9. The number of para-hydroxylation sites is 1. The van der Waals surface area contributed by atoms with Gasteiger partial charge in [-0.1, -0.05) is 88.2 Å². The van der Waals surface area contributed by atoms with Crippen LogP contribution in [0.25, 0.3) is 0 Å². The molecule has 1 saturated heterocycles. The molecule has 2 aliphatic carbocycles. The molecule has 0 aromatic heterocycles. The van der Waals surface area contributed by atoms with Gasteiger partial charge < -0.3 is 14.4 Å². The molecule has 56 heavy (non-hydrogen) atoms. The van der Waals surface area contributed by atoms with Crippen molar-refractivity contribution >= 4 is 45.3 Å². The standard InChI is InChI=1S/C43H50ClN3O8S/c1-5-29-22-43(29,40(50)45-56(52,53)33-17-18-33)23-38(48)37-21-32(55-41(51)46-24-28-12-10-16-36(44)34(28)26-46)25-47(37)39(49)35(42(2,3)4)20-27-11-9-15-31(19-27)54-30-13-7-6-8-14-30/h6-16,19,29,32-33,35,37H,5,17-18,20-26H2,1-4H3,(H,45,50)/t29-,32-,35-,37+,43-/m1/s1. The van der Waals surface area contributed by atoms with E-state index < -0.39 is 56.2 Å². The Morgan fingerprint density at radius 3 is 2.34 bits per heavy atom. The Bertz CT molecular complexity index is 2120. The molecule has 2 saturated carbocycles. The molecule has 1 N–H and O–H groups in total. The first-order valence-corrected chi connectivity index (χ1v) is 21.4. The van der Waals surface area contributed by atoms with Gasteiger partial charge in [-0.25, -0.2) is 13.2 Å². The number of nitrogens with one attached hydrogen (secondary N) is 1. The third-order valence-electron chi connectivity index (χ3n) is 11.9. The summed E-state index contributed by atoms with van der Waals surface area (Å²) in [6, 6.07) is 21.6. The van der Waals surface area contributed by atoms with Crippen LogP contribution in [-0.2, 0) is 48.7 Å². The number of Topliss-reactive ketones (excluding diaryl/α,β-unsaturated/α-hetero) is 1. The van der Waals surface area contributed by atoms with Crippen molar-refractivity contribution in [2.24, 2.45) is 22.7 Å². The number of fused-ring (bicyclic) bond motifs is 1. The first kappa shape index (κ1) is 39.8. The van der Waals surface area contributed by atoms with E-state index in [4.69, 9.17) is 21.1 Å². The Hall–Kier alpha value is -4.42. The van der Waals surface area contributed by atoms with E-state index in [0.717, 1.165) is 16.7 Å². The minimum Gasteiger partial charge on any atom is -0.457 e. The van der Waals surface area contributed by atoms with Crippen LogP contribution >= 0.6 is 11.6 Å². The predicted molar refractivity (Wildman–Crippen MR) is 211 cm³/mol. The van der Waals surface area contributed by atoms with Crippen LogP contribution in [0.3, 0.4) is 0 Å². The number of carbonyl (C=O) groups is 4. The first-order valence-electron chi connectivity index (χ1n) is 19.5. The highest BCUT2D eigenvalue weighted by Crippen LogP contribution is 2.58. The van der Waals surface area contributed by atoms with Crippen LogP contribution in [-0.4, -0.2) is 65.8 Å². The van der Waals surface area contributed by atoms with Gasteiger partial charge in [0.2, 0.25) is 21.8 Å². The van der Waals surface area contributed by atoms with Gasteiger partial charge in [0, 0.05) is 30.3 Å². The van der Waals surface area contributed by atoms with Crippen LogP contribution in [0.15, 0.2) is 72.8 Å². The van der Waals surface area contributed by atoms with Gasteiger partial charge in [-0.15, -0.1) is 0 Å². The third-order valence-corrected chi connectivity index (χ3v) is 14.1. The van der Waals surface area contributed by atoms with Crippen molar-refractivity contribution in [1.29, 1.82) is 0 Å². The number of ketones is 1. The minimum absolute atomic E-state index is 0.00127. The Balaban J connectivity index is 1.13. The first-order chi connectivity index (χ1) is 26.6. The summed E-state index contributed by atoms with van der Waals surface area (Å²) < 4.78 is 40.0. The van der Waals surface area contributed by atoms with Gasteiger partial charge in [0.25, 0.3) is 0 Å². The summed E-state index contributed by atoms with van der Waals surface area (Å²) in [6.07, 6.45) is 0.816. The number of nitrogens with zero attached hydrogens (tertiary/aromatic N) is 2. The number of benzene rings is 3. The average Bonchev–Trinajstić information content (AvgIpc) is 4.04. The number of halogens is 1. The zero-order chi connectivity index (χ0) is 40.0. The fraction of sp³-hybridized carbons (Fsp3) is 0.488. The molecule has 4 aliphatic rings. The van der Waals surface area contributed by atoms with Crippen LogP contribution < -0.4 is 9.46 Å². The monoisotopic (exact) mass is 803 g/mol. The molecule has 3 aromatic carbocycles. The van der Waals surface area contributed by atoms with Gasteiger partial charge in [-0.05, 0) is 84.0 Å². The van der Waals surface area contributed by atoms with Crippen molar-refractivity contribution in [3.05, 3.63) is 94.5 Å². The Labute approximate surface area is 334 Å². The second-order valence-electron chi connectivity index (χ2n) is 17.0. The number of ether oxygens (including phenoxy) is 2. The number of hydrogen-bond acceptors (Lipinski definition) is 8.